The molecule has 246 valence electrons. The Morgan fingerprint density at radius 1 is 1.14 bits per heavy atom. The SMILES string of the molecule is CCCCCCc1cn(C2C(=O)[C@@]3(C)C(CCC3[C@H](C)CCC(=O)OC)C3C(OC(C)=O)C[C@@H]4C[C@H](C)CC[C@]4(C)C32)nn1. The second-order valence-corrected chi connectivity index (χ2v) is 15.5. The Morgan fingerprint density at radius 3 is 2.61 bits per heavy atom. The summed E-state index contributed by atoms with van der Waals surface area (Å²) in [5.74, 6) is 1.42. The van der Waals surface area contributed by atoms with Crippen molar-refractivity contribution in [2.75, 3.05) is 7.11 Å². The first kappa shape index (κ1) is 33.1. The highest BCUT2D eigenvalue weighted by Crippen LogP contribution is 2.70. The van der Waals surface area contributed by atoms with Gasteiger partial charge in [0.1, 0.15) is 12.1 Å². The maximum atomic E-state index is 15.3. The number of unbranched alkanes of at least 4 members (excludes halogenated alkanes) is 3. The number of aromatic nitrogens is 3. The summed E-state index contributed by atoms with van der Waals surface area (Å²) in [7, 11) is 1.43. The highest BCUT2D eigenvalue weighted by Gasteiger charge is 2.70. The third-order valence-electron chi connectivity index (χ3n) is 13.0. The number of aryl methyl sites for hydroxylation is 1. The summed E-state index contributed by atoms with van der Waals surface area (Å²) in [6, 6.07) is -0.439. The van der Waals surface area contributed by atoms with Crippen LogP contribution >= 0.6 is 0 Å². The molecule has 0 aromatic carbocycles. The summed E-state index contributed by atoms with van der Waals surface area (Å²) in [5, 5.41) is 9.32. The summed E-state index contributed by atoms with van der Waals surface area (Å²) >= 11 is 0. The number of ketones is 1. The summed E-state index contributed by atoms with van der Waals surface area (Å²) in [6.07, 6.45) is 14.5. The van der Waals surface area contributed by atoms with Gasteiger partial charge in [-0.15, -0.1) is 5.10 Å². The number of hydrogen-bond donors (Lipinski definition) is 0. The summed E-state index contributed by atoms with van der Waals surface area (Å²) in [5.41, 5.74) is 0.314. The van der Waals surface area contributed by atoms with Crippen LogP contribution in [-0.4, -0.2) is 45.9 Å². The van der Waals surface area contributed by atoms with E-state index in [1.807, 2.05) is 4.68 Å². The Hall–Kier alpha value is -2.25. The van der Waals surface area contributed by atoms with Crippen LogP contribution in [0.4, 0.5) is 0 Å². The average Bonchev–Trinajstić information content (AvgIpc) is 3.60. The van der Waals surface area contributed by atoms with Crippen molar-refractivity contribution in [1.29, 1.82) is 0 Å². The number of hydrogen-bond acceptors (Lipinski definition) is 7. The third kappa shape index (κ3) is 5.88. The van der Waals surface area contributed by atoms with Gasteiger partial charge in [0, 0.05) is 36.8 Å². The standard InChI is InChI=1S/C36H57N3O5/c1-8-9-10-11-12-26-21-39(38-37-26)33-32-31(29(44-24(4)40)20-25-19-22(2)17-18-35(25,32)5)28-15-14-27(36(28,6)34(33)42)23(3)13-16-30(41)43-7/h21-23,25,27-29,31-33H,8-20H2,1-7H3/t22-,23-,25+,27?,28?,29?,31?,32?,33?,35+,36-/m1/s1. The molecule has 0 aliphatic heterocycles. The van der Waals surface area contributed by atoms with E-state index in [9.17, 15) is 9.59 Å². The minimum absolute atomic E-state index is 0.0300. The summed E-state index contributed by atoms with van der Waals surface area (Å²) in [4.78, 5) is 40.0. The van der Waals surface area contributed by atoms with Crippen molar-refractivity contribution in [2.24, 2.45) is 52.3 Å². The first-order chi connectivity index (χ1) is 20.9. The molecule has 0 saturated heterocycles. The lowest BCUT2D eigenvalue weighted by Crippen LogP contribution is -2.65. The molecular formula is C36H57N3O5. The van der Waals surface area contributed by atoms with E-state index in [0.717, 1.165) is 57.1 Å². The van der Waals surface area contributed by atoms with Gasteiger partial charge >= 0.3 is 11.9 Å². The highest BCUT2D eigenvalue weighted by molar-refractivity contribution is 5.90. The zero-order valence-corrected chi connectivity index (χ0v) is 28.3. The molecule has 0 N–H and O–H groups in total. The van der Waals surface area contributed by atoms with E-state index >= 15 is 4.79 Å². The summed E-state index contributed by atoms with van der Waals surface area (Å²) in [6.45, 7) is 12.9. The highest BCUT2D eigenvalue weighted by atomic mass is 16.5. The fourth-order valence-electron chi connectivity index (χ4n) is 10.7. The molecular weight excluding hydrogens is 554 g/mol. The predicted molar refractivity (Wildman–Crippen MR) is 168 cm³/mol. The van der Waals surface area contributed by atoms with Crippen molar-refractivity contribution in [3.05, 3.63) is 11.9 Å². The molecule has 8 nitrogen and oxygen atoms in total. The van der Waals surface area contributed by atoms with Crippen molar-refractivity contribution in [3.8, 4) is 0 Å². The fraction of sp³-hybridized carbons (Fsp3) is 0.861. The van der Waals surface area contributed by atoms with Crippen molar-refractivity contribution in [2.45, 2.75) is 137 Å². The molecule has 1 aromatic rings. The maximum Gasteiger partial charge on any atom is 0.305 e. The lowest BCUT2D eigenvalue weighted by molar-refractivity contribution is -0.203. The number of nitrogens with zero attached hydrogens (tertiary/aromatic N) is 3. The number of Topliss-reactive ketones (excluding diaryl/α,β-unsaturated/α-hetero) is 1. The minimum Gasteiger partial charge on any atom is -0.469 e. The number of fused-ring (bicyclic) bond motifs is 5. The number of carbonyl (C=O) groups is 3. The van der Waals surface area contributed by atoms with Gasteiger partial charge in [0.2, 0.25) is 0 Å². The maximum absolute atomic E-state index is 15.3. The third-order valence-corrected chi connectivity index (χ3v) is 13.0. The zero-order valence-electron chi connectivity index (χ0n) is 28.3. The van der Waals surface area contributed by atoms with Crippen LogP contribution in [0, 0.1) is 52.3 Å². The molecule has 4 saturated carbocycles. The molecule has 6 unspecified atom stereocenters. The van der Waals surface area contributed by atoms with Gasteiger partial charge in [-0.05, 0) is 86.4 Å². The summed E-state index contributed by atoms with van der Waals surface area (Å²) < 4.78 is 13.2. The van der Waals surface area contributed by atoms with Crippen LogP contribution in [0.5, 0.6) is 0 Å². The van der Waals surface area contributed by atoms with E-state index in [1.54, 1.807) is 0 Å². The zero-order chi connectivity index (χ0) is 31.8. The van der Waals surface area contributed by atoms with Gasteiger partial charge in [-0.3, -0.25) is 14.4 Å². The van der Waals surface area contributed by atoms with Crippen molar-refractivity contribution < 1.29 is 23.9 Å². The molecule has 4 aliphatic carbocycles. The van der Waals surface area contributed by atoms with Crippen molar-refractivity contribution >= 4 is 17.7 Å². The Morgan fingerprint density at radius 2 is 1.91 bits per heavy atom. The predicted octanol–water partition coefficient (Wildman–Crippen LogP) is 7.16. The normalized spacial score (nSPS) is 38.8. The van der Waals surface area contributed by atoms with Crippen LogP contribution in [0.3, 0.4) is 0 Å². The molecule has 8 heteroatoms. The molecule has 4 aliphatic rings. The van der Waals surface area contributed by atoms with E-state index < -0.39 is 11.5 Å². The van der Waals surface area contributed by atoms with E-state index in [4.69, 9.17) is 14.7 Å². The van der Waals surface area contributed by atoms with E-state index in [-0.39, 0.29) is 58.8 Å². The van der Waals surface area contributed by atoms with Gasteiger partial charge in [0.05, 0.1) is 12.8 Å². The molecule has 1 aromatic heterocycles. The molecule has 5 rings (SSSR count). The molecule has 4 fully saturated rings. The quantitative estimate of drug-likeness (QED) is 0.193. The average molecular weight is 612 g/mol. The largest absolute Gasteiger partial charge is 0.469 e. The smallest absolute Gasteiger partial charge is 0.305 e. The van der Waals surface area contributed by atoms with E-state index in [0.29, 0.717) is 24.7 Å². The molecule has 0 radical (unpaired) electrons. The second-order valence-electron chi connectivity index (χ2n) is 15.5. The van der Waals surface area contributed by atoms with Gasteiger partial charge < -0.3 is 9.47 Å². The molecule has 1 heterocycles. The molecule has 44 heavy (non-hydrogen) atoms. The monoisotopic (exact) mass is 611 g/mol. The fourth-order valence-corrected chi connectivity index (χ4v) is 10.7. The van der Waals surface area contributed by atoms with Crippen LogP contribution in [-0.2, 0) is 30.3 Å². The lowest BCUT2D eigenvalue weighted by atomic mass is 9.41. The van der Waals surface area contributed by atoms with Gasteiger partial charge in [-0.1, -0.05) is 65.5 Å². The first-order valence-corrected chi connectivity index (χ1v) is 17.6. The Kier molecular flexibility index (Phi) is 9.96. The molecule has 0 amide bonds. The molecule has 11 atom stereocenters. The van der Waals surface area contributed by atoms with Crippen LogP contribution in [0.15, 0.2) is 6.20 Å². The van der Waals surface area contributed by atoms with Gasteiger partial charge in [-0.25, -0.2) is 4.68 Å². The van der Waals surface area contributed by atoms with E-state index in [2.05, 4.69) is 45.9 Å². The van der Waals surface area contributed by atoms with Crippen LogP contribution in [0.1, 0.15) is 130 Å². The van der Waals surface area contributed by atoms with Crippen molar-refractivity contribution in [3.63, 3.8) is 0 Å². The Balaban J connectivity index is 1.58. The molecule has 0 spiro atoms. The number of esters is 2. The number of carbonyl (C=O) groups excluding carboxylic acids is 3. The van der Waals surface area contributed by atoms with Crippen molar-refractivity contribution in [1.82, 2.24) is 15.0 Å². The molecule has 0 bridgehead atoms. The number of methoxy groups -OCH3 is 1. The van der Waals surface area contributed by atoms with Crippen LogP contribution in [0.25, 0.3) is 0 Å². The van der Waals surface area contributed by atoms with E-state index in [1.165, 1.54) is 33.3 Å². The van der Waals surface area contributed by atoms with Gasteiger partial charge in [0.25, 0.3) is 0 Å². The van der Waals surface area contributed by atoms with Gasteiger partial charge in [0.15, 0.2) is 5.78 Å². The first-order valence-electron chi connectivity index (χ1n) is 17.6. The lowest BCUT2D eigenvalue weighted by Gasteiger charge is -2.64. The topological polar surface area (TPSA) is 100 Å². The van der Waals surface area contributed by atoms with Crippen LogP contribution in [0.2, 0.25) is 0 Å². The Bertz CT molecular complexity index is 1200. The van der Waals surface area contributed by atoms with Crippen LogP contribution < -0.4 is 0 Å². The Labute approximate surface area is 264 Å². The van der Waals surface area contributed by atoms with Gasteiger partial charge in [-0.2, -0.15) is 0 Å². The number of ether oxygens (including phenoxy) is 2. The minimum atomic E-state index is -0.599. The second kappa shape index (κ2) is 13.2. The number of rotatable bonds is 11.